The third kappa shape index (κ3) is 2.32. The molecule has 2 N–H and O–H groups in total. The van der Waals surface area contributed by atoms with E-state index in [9.17, 15) is 4.79 Å². The van der Waals surface area contributed by atoms with E-state index in [1.54, 1.807) is 0 Å². The van der Waals surface area contributed by atoms with Gasteiger partial charge >= 0.3 is 0 Å². The van der Waals surface area contributed by atoms with E-state index in [0.29, 0.717) is 5.69 Å². The Labute approximate surface area is 113 Å². The lowest BCUT2D eigenvalue weighted by atomic mass is 10.00. The third-order valence-corrected chi connectivity index (χ3v) is 4.00. The van der Waals surface area contributed by atoms with Crippen LogP contribution in [-0.2, 0) is 16.0 Å². The monoisotopic (exact) mass is 260 g/mol. The van der Waals surface area contributed by atoms with Crippen molar-refractivity contribution in [2.75, 3.05) is 17.2 Å². The second-order valence-electron chi connectivity index (χ2n) is 5.49. The summed E-state index contributed by atoms with van der Waals surface area (Å²) in [4.78, 5) is 14.4. The summed E-state index contributed by atoms with van der Waals surface area (Å²) in [5.74, 6) is 0.0934. The van der Waals surface area contributed by atoms with Gasteiger partial charge in [0.05, 0.1) is 6.10 Å². The van der Waals surface area contributed by atoms with Crippen molar-refractivity contribution in [3.63, 3.8) is 0 Å². The summed E-state index contributed by atoms with van der Waals surface area (Å²) >= 11 is 0. The van der Waals surface area contributed by atoms with Gasteiger partial charge in [-0.3, -0.25) is 4.79 Å². The SMILES string of the molecule is CC1CCC(C(=O)N2CCCc3ccc(N)cc32)O1. The van der Waals surface area contributed by atoms with Crippen molar-refractivity contribution in [1.82, 2.24) is 0 Å². The van der Waals surface area contributed by atoms with Gasteiger partial charge in [0.1, 0.15) is 6.10 Å². The highest BCUT2D eigenvalue weighted by molar-refractivity contribution is 5.98. The third-order valence-electron chi connectivity index (χ3n) is 4.00. The molecule has 0 radical (unpaired) electrons. The summed E-state index contributed by atoms with van der Waals surface area (Å²) in [6.07, 6.45) is 3.73. The average molecular weight is 260 g/mol. The number of nitrogens with two attached hydrogens (primary N) is 1. The van der Waals surface area contributed by atoms with Crippen molar-refractivity contribution in [3.05, 3.63) is 23.8 Å². The molecule has 1 aromatic carbocycles. The molecular weight excluding hydrogens is 240 g/mol. The molecule has 2 aliphatic heterocycles. The van der Waals surface area contributed by atoms with E-state index in [4.69, 9.17) is 10.5 Å². The van der Waals surface area contributed by atoms with Gasteiger partial charge < -0.3 is 15.4 Å². The van der Waals surface area contributed by atoms with E-state index in [2.05, 4.69) is 0 Å². The van der Waals surface area contributed by atoms with Crippen LogP contribution in [0.5, 0.6) is 0 Å². The van der Waals surface area contributed by atoms with Crippen LogP contribution in [0.15, 0.2) is 18.2 Å². The molecule has 1 fully saturated rings. The van der Waals surface area contributed by atoms with Crippen LogP contribution in [0.1, 0.15) is 31.7 Å². The van der Waals surface area contributed by atoms with Crippen molar-refractivity contribution >= 4 is 17.3 Å². The topological polar surface area (TPSA) is 55.6 Å². The number of ether oxygens (including phenoxy) is 1. The first-order valence-electron chi connectivity index (χ1n) is 7.00. The molecular formula is C15H20N2O2. The summed E-state index contributed by atoms with van der Waals surface area (Å²) in [6.45, 7) is 2.79. The molecule has 0 aliphatic carbocycles. The molecule has 2 aliphatic rings. The number of benzene rings is 1. The van der Waals surface area contributed by atoms with Crippen LogP contribution in [0.2, 0.25) is 0 Å². The Morgan fingerprint density at radius 2 is 2.26 bits per heavy atom. The summed E-state index contributed by atoms with van der Waals surface area (Å²) in [5, 5.41) is 0. The number of fused-ring (bicyclic) bond motifs is 1. The van der Waals surface area contributed by atoms with Gasteiger partial charge in [-0.05, 0) is 50.3 Å². The Bertz CT molecular complexity index is 501. The summed E-state index contributed by atoms with van der Waals surface area (Å²) < 4.78 is 5.70. The fourth-order valence-corrected chi connectivity index (χ4v) is 2.98. The maximum absolute atomic E-state index is 12.6. The molecule has 2 atom stereocenters. The largest absolute Gasteiger partial charge is 0.399 e. The fraction of sp³-hybridized carbons (Fsp3) is 0.533. The molecule has 4 heteroatoms. The summed E-state index contributed by atoms with van der Waals surface area (Å²) in [5.41, 5.74) is 8.74. The first-order valence-corrected chi connectivity index (χ1v) is 7.00. The number of aryl methyl sites for hydroxylation is 1. The van der Waals surface area contributed by atoms with Crippen molar-refractivity contribution in [1.29, 1.82) is 0 Å². The zero-order valence-electron chi connectivity index (χ0n) is 11.3. The zero-order chi connectivity index (χ0) is 13.4. The molecule has 102 valence electrons. The molecule has 19 heavy (non-hydrogen) atoms. The molecule has 1 amide bonds. The lowest BCUT2D eigenvalue weighted by molar-refractivity contribution is -0.129. The highest BCUT2D eigenvalue weighted by atomic mass is 16.5. The quantitative estimate of drug-likeness (QED) is 0.787. The lowest BCUT2D eigenvalue weighted by Gasteiger charge is -2.31. The minimum absolute atomic E-state index is 0.0934. The Balaban J connectivity index is 1.86. The second-order valence-corrected chi connectivity index (χ2v) is 5.49. The molecule has 4 nitrogen and oxygen atoms in total. The van der Waals surface area contributed by atoms with Crippen LogP contribution < -0.4 is 10.6 Å². The second kappa shape index (κ2) is 4.85. The van der Waals surface area contributed by atoms with Gasteiger partial charge in [-0.25, -0.2) is 0 Å². The highest BCUT2D eigenvalue weighted by Crippen LogP contribution is 2.31. The zero-order valence-corrected chi connectivity index (χ0v) is 11.3. The first-order chi connectivity index (χ1) is 9.15. The molecule has 1 saturated heterocycles. The number of hydrogen-bond donors (Lipinski definition) is 1. The molecule has 0 bridgehead atoms. The minimum atomic E-state index is -0.276. The minimum Gasteiger partial charge on any atom is -0.399 e. The molecule has 0 spiro atoms. The molecule has 2 heterocycles. The van der Waals surface area contributed by atoms with Gasteiger partial charge in [-0.2, -0.15) is 0 Å². The Kier molecular flexibility index (Phi) is 3.19. The van der Waals surface area contributed by atoms with Crippen molar-refractivity contribution in [3.8, 4) is 0 Å². The van der Waals surface area contributed by atoms with Crippen molar-refractivity contribution in [2.45, 2.75) is 44.8 Å². The van der Waals surface area contributed by atoms with Crippen LogP contribution in [0.3, 0.4) is 0 Å². The predicted molar refractivity (Wildman–Crippen MR) is 75.1 cm³/mol. The van der Waals surface area contributed by atoms with Crippen LogP contribution in [-0.4, -0.2) is 24.7 Å². The van der Waals surface area contributed by atoms with Gasteiger partial charge in [0, 0.05) is 17.9 Å². The molecule has 0 aromatic heterocycles. The highest BCUT2D eigenvalue weighted by Gasteiger charge is 2.33. The molecule has 1 aromatic rings. The number of rotatable bonds is 1. The van der Waals surface area contributed by atoms with Gasteiger partial charge in [0.15, 0.2) is 0 Å². The van der Waals surface area contributed by atoms with E-state index < -0.39 is 0 Å². The Morgan fingerprint density at radius 1 is 1.42 bits per heavy atom. The van der Waals surface area contributed by atoms with Gasteiger partial charge in [0.2, 0.25) is 0 Å². The predicted octanol–water partition coefficient (Wildman–Crippen LogP) is 2.12. The van der Waals surface area contributed by atoms with E-state index in [1.807, 2.05) is 30.0 Å². The number of carbonyl (C=O) groups excluding carboxylic acids is 1. The smallest absolute Gasteiger partial charge is 0.256 e. The summed E-state index contributed by atoms with van der Waals surface area (Å²) in [7, 11) is 0. The normalized spacial score (nSPS) is 26.3. The lowest BCUT2D eigenvalue weighted by Crippen LogP contribution is -2.42. The van der Waals surface area contributed by atoms with Gasteiger partial charge in [0.25, 0.3) is 5.91 Å². The van der Waals surface area contributed by atoms with Crippen molar-refractivity contribution in [2.24, 2.45) is 0 Å². The van der Waals surface area contributed by atoms with Crippen LogP contribution in [0, 0.1) is 0 Å². The number of anilines is 2. The molecule has 2 unspecified atom stereocenters. The number of amides is 1. The van der Waals surface area contributed by atoms with Gasteiger partial charge in [-0.1, -0.05) is 6.07 Å². The van der Waals surface area contributed by atoms with E-state index in [1.165, 1.54) is 5.56 Å². The van der Waals surface area contributed by atoms with E-state index in [0.717, 1.165) is 37.9 Å². The number of carbonyl (C=O) groups is 1. The van der Waals surface area contributed by atoms with E-state index in [-0.39, 0.29) is 18.1 Å². The number of nitrogen functional groups attached to an aromatic ring is 1. The van der Waals surface area contributed by atoms with Gasteiger partial charge in [-0.15, -0.1) is 0 Å². The standard InChI is InChI=1S/C15H20N2O2/c1-10-4-7-14(19-10)15(18)17-8-2-3-11-5-6-12(16)9-13(11)17/h5-6,9-10,14H,2-4,7-8,16H2,1H3. The Morgan fingerprint density at radius 3 is 3.00 bits per heavy atom. The van der Waals surface area contributed by atoms with Crippen LogP contribution >= 0.6 is 0 Å². The maximum Gasteiger partial charge on any atom is 0.256 e. The number of nitrogens with zero attached hydrogens (tertiary/aromatic N) is 1. The van der Waals surface area contributed by atoms with E-state index >= 15 is 0 Å². The molecule has 0 saturated carbocycles. The van der Waals surface area contributed by atoms with Crippen LogP contribution in [0.4, 0.5) is 11.4 Å². The Hall–Kier alpha value is -1.55. The fourth-order valence-electron chi connectivity index (χ4n) is 2.98. The summed E-state index contributed by atoms with van der Waals surface area (Å²) in [6, 6.07) is 5.84. The average Bonchev–Trinajstić information content (AvgIpc) is 2.84. The number of hydrogen-bond acceptors (Lipinski definition) is 3. The maximum atomic E-state index is 12.6. The molecule has 3 rings (SSSR count). The van der Waals surface area contributed by atoms with Crippen LogP contribution in [0.25, 0.3) is 0 Å². The first kappa shape index (κ1) is 12.5. The van der Waals surface area contributed by atoms with Crippen molar-refractivity contribution < 1.29 is 9.53 Å².